The molecule has 5 heteroatoms. The molecule has 1 aromatic rings. The fourth-order valence-electron chi connectivity index (χ4n) is 4.03. The largest absolute Gasteiger partial charge is 0.496 e. The van der Waals surface area contributed by atoms with Gasteiger partial charge in [0.15, 0.2) is 0 Å². The SMILES string of the molecule is COc1ccccc1CNC(=O)CN1CCC[C@H]1CN1CCCCC1. The van der Waals surface area contributed by atoms with Crippen LogP contribution in [0, 0.1) is 0 Å². The van der Waals surface area contributed by atoms with E-state index in [0.717, 1.165) is 24.4 Å². The minimum Gasteiger partial charge on any atom is -0.496 e. The summed E-state index contributed by atoms with van der Waals surface area (Å²) in [6, 6.07) is 8.37. The number of hydrogen-bond acceptors (Lipinski definition) is 4. The van der Waals surface area contributed by atoms with E-state index in [4.69, 9.17) is 4.74 Å². The molecule has 0 spiro atoms. The maximum atomic E-state index is 12.4. The van der Waals surface area contributed by atoms with Crippen LogP contribution in [-0.2, 0) is 11.3 Å². The average Bonchev–Trinajstić information content (AvgIpc) is 3.07. The number of ether oxygens (including phenoxy) is 1. The molecule has 2 saturated heterocycles. The van der Waals surface area contributed by atoms with Gasteiger partial charge in [0.05, 0.1) is 13.7 Å². The van der Waals surface area contributed by atoms with Crippen LogP contribution >= 0.6 is 0 Å². The Balaban J connectivity index is 1.46. The van der Waals surface area contributed by atoms with Crippen LogP contribution in [0.5, 0.6) is 5.75 Å². The van der Waals surface area contributed by atoms with Crippen LogP contribution in [0.1, 0.15) is 37.7 Å². The first-order valence-electron chi connectivity index (χ1n) is 9.61. The molecule has 138 valence electrons. The Morgan fingerprint density at radius 3 is 2.76 bits per heavy atom. The Kier molecular flexibility index (Phi) is 6.70. The van der Waals surface area contributed by atoms with Crippen molar-refractivity contribution < 1.29 is 9.53 Å². The van der Waals surface area contributed by atoms with Crippen molar-refractivity contribution >= 4 is 5.91 Å². The number of amides is 1. The van der Waals surface area contributed by atoms with Crippen LogP contribution in [0.4, 0.5) is 0 Å². The highest BCUT2D eigenvalue weighted by Crippen LogP contribution is 2.20. The summed E-state index contributed by atoms with van der Waals surface area (Å²) in [5, 5.41) is 3.05. The maximum absolute atomic E-state index is 12.4. The van der Waals surface area contributed by atoms with Gasteiger partial charge in [0.25, 0.3) is 0 Å². The quantitative estimate of drug-likeness (QED) is 0.823. The number of rotatable bonds is 7. The second kappa shape index (κ2) is 9.20. The lowest BCUT2D eigenvalue weighted by atomic mass is 10.1. The van der Waals surface area contributed by atoms with Crippen molar-refractivity contribution in [3.63, 3.8) is 0 Å². The predicted molar refractivity (Wildman–Crippen MR) is 99.7 cm³/mol. The summed E-state index contributed by atoms with van der Waals surface area (Å²) in [4.78, 5) is 17.4. The first-order valence-corrected chi connectivity index (χ1v) is 9.61. The normalized spacial score (nSPS) is 22.0. The van der Waals surface area contributed by atoms with Crippen LogP contribution in [0.25, 0.3) is 0 Å². The lowest BCUT2D eigenvalue weighted by molar-refractivity contribution is -0.122. The van der Waals surface area contributed by atoms with E-state index in [-0.39, 0.29) is 5.91 Å². The number of benzene rings is 1. The molecular formula is C20H31N3O2. The molecule has 1 amide bonds. The molecule has 25 heavy (non-hydrogen) atoms. The van der Waals surface area contributed by atoms with Crippen molar-refractivity contribution in [2.24, 2.45) is 0 Å². The summed E-state index contributed by atoms with van der Waals surface area (Å²) in [5.74, 6) is 0.934. The van der Waals surface area contributed by atoms with Gasteiger partial charge in [-0.1, -0.05) is 24.6 Å². The van der Waals surface area contributed by atoms with Gasteiger partial charge in [-0.3, -0.25) is 9.69 Å². The van der Waals surface area contributed by atoms with E-state index < -0.39 is 0 Å². The summed E-state index contributed by atoms with van der Waals surface area (Å²) < 4.78 is 5.35. The zero-order chi connectivity index (χ0) is 17.5. The molecule has 0 aliphatic carbocycles. The highest BCUT2D eigenvalue weighted by molar-refractivity contribution is 5.78. The lowest BCUT2D eigenvalue weighted by Gasteiger charge is -2.32. The molecule has 2 heterocycles. The highest BCUT2D eigenvalue weighted by Gasteiger charge is 2.28. The number of nitrogens with one attached hydrogen (secondary N) is 1. The molecule has 0 aromatic heterocycles. The maximum Gasteiger partial charge on any atom is 0.234 e. The van der Waals surface area contributed by atoms with E-state index in [0.29, 0.717) is 19.1 Å². The van der Waals surface area contributed by atoms with Crippen molar-refractivity contribution in [3.8, 4) is 5.75 Å². The summed E-state index contributed by atoms with van der Waals surface area (Å²) in [6.45, 7) is 5.65. The smallest absolute Gasteiger partial charge is 0.234 e. The Labute approximate surface area is 151 Å². The molecule has 1 atom stereocenters. The third kappa shape index (κ3) is 5.19. The standard InChI is InChI=1S/C20H31N3O2/c1-25-19-10-4-3-8-17(19)14-21-20(24)16-23-13-7-9-18(23)15-22-11-5-2-6-12-22/h3-4,8,10,18H,2,5-7,9,11-16H2,1H3,(H,21,24)/t18-/m0/s1. The van der Waals surface area contributed by atoms with Crippen LogP contribution in [-0.4, -0.2) is 61.6 Å². The minimum absolute atomic E-state index is 0.108. The van der Waals surface area contributed by atoms with E-state index in [1.165, 1.54) is 45.2 Å². The minimum atomic E-state index is 0.108. The summed E-state index contributed by atoms with van der Waals surface area (Å²) in [6.07, 6.45) is 6.45. The van der Waals surface area contributed by atoms with Crippen LogP contribution in [0.3, 0.4) is 0 Å². The van der Waals surface area contributed by atoms with Gasteiger partial charge in [-0.25, -0.2) is 0 Å². The van der Waals surface area contributed by atoms with Crippen LogP contribution < -0.4 is 10.1 Å². The van der Waals surface area contributed by atoms with Gasteiger partial charge in [-0.05, 0) is 51.4 Å². The van der Waals surface area contributed by atoms with Crippen molar-refractivity contribution in [1.29, 1.82) is 0 Å². The first kappa shape index (κ1) is 18.2. The zero-order valence-electron chi connectivity index (χ0n) is 15.4. The molecule has 0 unspecified atom stereocenters. The zero-order valence-corrected chi connectivity index (χ0v) is 15.4. The van der Waals surface area contributed by atoms with E-state index >= 15 is 0 Å². The van der Waals surface area contributed by atoms with Gasteiger partial charge in [0, 0.05) is 24.7 Å². The second-order valence-electron chi connectivity index (χ2n) is 7.22. The molecular weight excluding hydrogens is 314 g/mol. The number of likely N-dealkylation sites (tertiary alicyclic amines) is 2. The Morgan fingerprint density at radius 2 is 1.96 bits per heavy atom. The average molecular weight is 345 g/mol. The van der Waals surface area contributed by atoms with Crippen molar-refractivity contribution in [1.82, 2.24) is 15.1 Å². The van der Waals surface area contributed by atoms with Crippen molar-refractivity contribution in [2.75, 3.05) is 39.8 Å². The number of hydrogen-bond donors (Lipinski definition) is 1. The number of carbonyl (C=O) groups is 1. The Hall–Kier alpha value is -1.59. The van der Waals surface area contributed by atoms with Gasteiger partial charge >= 0.3 is 0 Å². The molecule has 1 N–H and O–H groups in total. The van der Waals surface area contributed by atoms with E-state index in [2.05, 4.69) is 15.1 Å². The number of piperidine rings is 1. The molecule has 2 aliphatic heterocycles. The van der Waals surface area contributed by atoms with E-state index in [1.807, 2.05) is 24.3 Å². The molecule has 0 radical (unpaired) electrons. The number of carbonyl (C=O) groups excluding carboxylic acids is 1. The second-order valence-corrected chi connectivity index (χ2v) is 7.22. The lowest BCUT2D eigenvalue weighted by Crippen LogP contribution is -2.45. The molecule has 5 nitrogen and oxygen atoms in total. The van der Waals surface area contributed by atoms with E-state index in [1.54, 1.807) is 7.11 Å². The monoisotopic (exact) mass is 345 g/mol. The Bertz CT molecular complexity index is 558. The molecule has 3 rings (SSSR count). The molecule has 0 saturated carbocycles. The van der Waals surface area contributed by atoms with Gasteiger partial charge in [0.1, 0.15) is 5.75 Å². The van der Waals surface area contributed by atoms with Gasteiger partial charge in [0.2, 0.25) is 5.91 Å². The summed E-state index contributed by atoms with van der Waals surface area (Å²) in [5.41, 5.74) is 1.02. The van der Waals surface area contributed by atoms with Gasteiger partial charge < -0.3 is 15.0 Å². The molecule has 0 bridgehead atoms. The number of methoxy groups -OCH3 is 1. The third-order valence-electron chi connectivity index (χ3n) is 5.43. The highest BCUT2D eigenvalue weighted by atomic mass is 16.5. The Morgan fingerprint density at radius 1 is 1.16 bits per heavy atom. The van der Waals surface area contributed by atoms with Crippen molar-refractivity contribution in [2.45, 2.75) is 44.7 Å². The fourth-order valence-corrected chi connectivity index (χ4v) is 4.03. The molecule has 2 fully saturated rings. The number of nitrogens with zero attached hydrogens (tertiary/aromatic N) is 2. The number of para-hydroxylation sites is 1. The molecule has 2 aliphatic rings. The van der Waals surface area contributed by atoms with Crippen LogP contribution in [0.15, 0.2) is 24.3 Å². The van der Waals surface area contributed by atoms with Crippen molar-refractivity contribution in [3.05, 3.63) is 29.8 Å². The molecule has 1 aromatic carbocycles. The van der Waals surface area contributed by atoms with Crippen LogP contribution in [0.2, 0.25) is 0 Å². The summed E-state index contributed by atoms with van der Waals surface area (Å²) >= 11 is 0. The first-order chi connectivity index (χ1) is 12.3. The summed E-state index contributed by atoms with van der Waals surface area (Å²) in [7, 11) is 1.66. The van der Waals surface area contributed by atoms with E-state index in [9.17, 15) is 4.79 Å². The predicted octanol–water partition coefficient (Wildman–Crippen LogP) is 2.26. The van der Waals surface area contributed by atoms with Gasteiger partial charge in [-0.2, -0.15) is 0 Å². The third-order valence-corrected chi connectivity index (χ3v) is 5.43. The fraction of sp³-hybridized carbons (Fsp3) is 0.650. The topological polar surface area (TPSA) is 44.8 Å². The van der Waals surface area contributed by atoms with Gasteiger partial charge in [-0.15, -0.1) is 0 Å².